The van der Waals surface area contributed by atoms with Gasteiger partial charge in [0.1, 0.15) is 43.1 Å². The number of rotatable bonds is 19. The largest absolute Gasteiger partial charge is 0.475 e. The van der Waals surface area contributed by atoms with Crippen LogP contribution in [0, 0.1) is 0 Å². The second kappa shape index (κ2) is 26.1. The van der Waals surface area contributed by atoms with Crippen molar-refractivity contribution in [2.75, 3.05) is 26.4 Å². The average molecular weight is 1190 g/mol. The Morgan fingerprint density at radius 1 is 0.514 bits per heavy atom. The molecular weight excluding hydrogens is 1140 g/mol. The fourth-order valence-corrected chi connectivity index (χ4v) is 9.30. The van der Waals surface area contributed by atoms with Crippen molar-refractivity contribution in [1.82, 2.24) is 0 Å². The molecule has 0 amide bonds. The molecule has 2 fully saturated rings. The van der Waals surface area contributed by atoms with E-state index < -0.39 is 138 Å². The van der Waals surface area contributed by atoms with Gasteiger partial charge in [-0.05, 0) is 36.4 Å². The van der Waals surface area contributed by atoms with Crippen molar-refractivity contribution in [1.29, 1.82) is 0 Å². The first-order chi connectivity index (χ1) is 32.9. The van der Waals surface area contributed by atoms with E-state index in [4.69, 9.17) is 126 Å². The molecule has 0 radical (unpaired) electrons. The van der Waals surface area contributed by atoms with Gasteiger partial charge in [0.05, 0.1) is 23.3 Å². The molecule has 2 heterocycles. The number of halogens is 7. The molecule has 2 aliphatic rings. The first-order valence-electron chi connectivity index (χ1n) is 20.5. The number of phosphoric ester groups is 1. The van der Waals surface area contributed by atoms with Gasteiger partial charge in [0, 0.05) is 20.8 Å². The van der Waals surface area contributed by atoms with Crippen LogP contribution in [-0.2, 0) is 75.2 Å². The number of esters is 6. The van der Waals surface area contributed by atoms with E-state index in [0.717, 1.165) is 20.8 Å². The van der Waals surface area contributed by atoms with E-state index in [0.29, 0.717) is 0 Å². The number of benzene rings is 3. The minimum absolute atomic E-state index is 0.0280. The number of hydrogen-bond acceptors (Lipinski definition) is 19. The predicted octanol–water partition coefficient (Wildman–Crippen LogP) is 8.22. The maximum absolute atomic E-state index is 14.2. The summed E-state index contributed by atoms with van der Waals surface area (Å²) in [4.78, 5) is 79.5. The zero-order valence-electron chi connectivity index (χ0n) is 36.6. The first-order valence-corrected chi connectivity index (χ1v) is 25.1. The fraction of sp³-hybridized carbons (Fsp3) is 0.442. The maximum atomic E-state index is 14.2. The second-order valence-electron chi connectivity index (χ2n) is 14.8. The Labute approximate surface area is 438 Å². The normalized spacial score (nSPS) is 24.9. The summed E-state index contributed by atoms with van der Waals surface area (Å²) >= 11 is 38.7. The van der Waals surface area contributed by atoms with Gasteiger partial charge >= 0.3 is 43.6 Å². The van der Waals surface area contributed by atoms with E-state index in [-0.39, 0.29) is 16.7 Å². The van der Waals surface area contributed by atoms with Gasteiger partial charge in [-0.1, -0.05) is 140 Å². The van der Waals surface area contributed by atoms with Crippen molar-refractivity contribution in [3.63, 3.8) is 0 Å². The van der Waals surface area contributed by atoms with Crippen LogP contribution in [0.1, 0.15) is 51.8 Å². The van der Waals surface area contributed by atoms with E-state index in [1.54, 1.807) is 18.2 Å². The maximum Gasteiger partial charge on any atom is 0.475 e. The van der Waals surface area contributed by atoms with Crippen molar-refractivity contribution < 1.29 is 89.5 Å². The highest BCUT2D eigenvalue weighted by atomic mass is 79.9. The molecule has 2 aliphatic heterocycles. The third-order valence-electron chi connectivity index (χ3n) is 9.44. The Balaban J connectivity index is 1.69. The summed E-state index contributed by atoms with van der Waals surface area (Å²) in [6.45, 7) is -0.199. The number of alkyl halides is 7. The molecule has 70 heavy (non-hydrogen) atoms. The highest BCUT2D eigenvalue weighted by Crippen LogP contribution is 2.53. The van der Waals surface area contributed by atoms with Crippen LogP contribution in [-0.4, -0.2) is 130 Å². The van der Waals surface area contributed by atoms with Crippen molar-refractivity contribution in [3.8, 4) is 0 Å². The molecule has 5 rings (SSSR count). The van der Waals surface area contributed by atoms with Gasteiger partial charge < -0.3 is 42.6 Å². The van der Waals surface area contributed by atoms with Gasteiger partial charge in [-0.3, -0.25) is 28.0 Å². The standard InChI is InChI=1S/C43H42BrCl6O19P/c1-23(51)58-19-29-31(62-24(2)52)33(63-25(3)53)35(37(44)64-29)69-41-36(68-40(56)28-17-11-6-12-18-28)34(67-39(55)27-15-9-5-10-16-27)32(66-38(54)26-13-7-4-8-14-26)30(65-41)20-59-70(57,60-21-42(45,46)47)61-22-43(48,49)50/h4-18,29-37,41H,19-22H2,1-3H3/t29-,30-,31-,32-,33+,34+,35+,36+,37+,41-/m1/s1. The van der Waals surface area contributed by atoms with Crippen LogP contribution in [0.15, 0.2) is 91.0 Å². The molecule has 0 spiro atoms. The Kier molecular flexibility index (Phi) is 21.4. The Morgan fingerprint density at radius 2 is 0.900 bits per heavy atom. The molecule has 19 nitrogen and oxygen atoms in total. The van der Waals surface area contributed by atoms with Gasteiger partial charge in [-0.15, -0.1) is 0 Å². The smallest absolute Gasteiger partial charge is 0.463 e. The molecule has 27 heteroatoms. The molecule has 2 saturated heterocycles. The number of phosphoric acid groups is 1. The zero-order chi connectivity index (χ0) is 51.4. The van der Waals surface area contributed by atoms with E-state index in [9.17, 15) is 33.3 Å². The number of ether oxygens (including phenoxy) is 9. The molecule has 0 aliphatic carbocycles. The van der Waals surface area contributed by atoms with Crippen molar-refractivity contribution in [2.24, 2.45) is 0 Å². The molecule has 0 saturated carbocycles. The summed E-state index contributed by atoms with van der Waals surface area (Å²) in [7, 11) is -5.03. The van der Waals surface area contributed by atoms with Gasteiger partial charge in [-0.25, -0.2) is 18.9 Å². The fourth-order valence-electron chi connectivity index (χ4n) is 6.56. The molecule has 10 atom stereocenters. The molecule has 382 valence electrons. The third kappa shape index (κ3) is 17.7. The van der Waals surface area contributed by atoms with Crippen molar-refractivity contribution in [3.05, 3.63) is 108 Å². The lowest BCUT2D eigenvalue weighted by Gasteiger charge is -2.48. The lowest BCUT2D eigenvalue weighted by Crippen LogP contribution is -2.66. The Morgan fingerprint density at radius 3 is 1.33 bits per heavy atom. The molecule has 0 aromatic heterocycles. The van der Waals surface area contributed by atoms with E-state index in [2.05, 4.69) is 15.9 Å². The van der Waals surface area contributed by atoms with Gasteiger partial charge in [0.15, 0.2) is 36.8 Å². The minimum atomic E-state index is -5.03. The highest BCUT2D eigenvalue weighted by Gasteiger charge is 2.58. The molecule has 0 unspecified atom stereocenters. The number of hydrogen-bond donors (Lipinski definition) is 0. The zero-order valence-corrected chi connectivity index (χ0v) is 43.6. The van der Waals surface area contributed by atoms with Crippen LogP contribution in [0.25, 0.3) is 0 Å². The van der Waals surface area contributed by atoms with E-state index in [1.165, 1.54) is 72.8 Å². The Hall–Kier alpha value is -3.31. The van der Waals surface area contributed by atoms with Crippen LogP contribution >= 0.6 is 93.4 Å². The van der Waals surface area contributed by atoms with Crippen LogP contribution in [0.3, 0.4) is 0 Å². The third-order valence-corrected chi connectivity index (χ3v) is 12.2. The summed E-state index contributed by atoms with van der Waals surface area (Å²) < 4.78 is 79.7. The van der Waals surface area contributed by atoms with E-state index in [1.807, 2.05) is 0 Å². The van der Waals surface area contributed by atoms with Gasteiger partial charge in [-0.2, -0.15) is 0 Å². The predicted molar refractivity (Wildman–Crippen MR) is 252 cm³/mol. The molecule has 3 aromatic carbocycles. The summed E-state index contributed by atoms with van der Waals surface area (Å²) in [5.74, 6) is -5.70. The minimum Gasteiger partial charge on any atom is -0.463 e. The highest BCUT2D eigenvalue weighted by molar-refractivity contribution is 9.09. The average Bonchev–Trinajstić information content (AvgIpc) is 3.30. The Bertz CT molecular complexity index is 2290. The molecule has 0 N–H and O–H groups in total. The second-order valence-corrected chi connectivity index (χ2v) is 22.5. The monoisotopic (exact) mass is 1180 g/mol. The molecule has 3 aromatic rings. The first kappa shape index (κ1) is 57.6. The lowest BCUT2D eigenvalue weighted by atomic mass is 9.96. The summed E-state index contributed by atoms with van der Waals surface area (Å²) in [5.41, 5.74) is -0.0969. The van der Waals surface area contributed by atoms with Crippen LogP contribution in [0.4, 0.5) is 0 Å². The molecule has 0 bridgehead atoms. The number of carbonyl (C=O) groups excluding carboxylic acids is 6. The van der Waals surface area contributed by atoms with Gasteiger partial charge in [0.2, 0.25) is 7.59 Å². The van der Waals surface area contributed by atoms with Crippen LogP contribution < -0.4 is 0 Å². The van der Waals surface area contributed by atoms with Crippen LogP contribution in [0.2, 0.25) is 0 Å². The van der Waals surface area contributed by atoms with Gasteiger partial charge in [0.25, 0.3) is 0 Å². The summed E-state index contributed by atoms with van der Waals surface area (Å²) in [6, 6.07) is 22.4. The molecular formula is C43H42BrCl6O19P. The topological polar surface area (TPSA) is 230 Å². The SMILES string of the molecule is CC(=O)OC[C@H]1O[C@H](Br)[C@@H](O[C@H]2O[C@H](COP(=O)(OCC(Cl)(Cl)Cl)OCC(Cl)(Cl)Cl)[C@@H](OC(=O)c3ccccc3)[C@H](OC(=O)c3ccccc3)[C@@H]2OC(=O)c2ccccc2)[C@@H](OC(C)=O)[C@@H]1OC(C)=O. The number of carbonyl (C=O) groups is 6. The lowest BCUT2D eigenvalue weighted by molar-refractivity contribution is -0.332. The van der Waals surface area contributed by atoms with Crippen molar-refractivity contribution >= 4 is 129 Å². The summed E-state index contributed by atoms with van der Waals surface area (Å²) in [6.07, 6.45) is -15.9. The van der Waals surface area contributed by atoms with Crippen LogP contribution in [0.5, 0.6) is 0 Å². The summed E-state index contributed by atoms with van der Waals surface area (Å²) in [5, 5.41) is -1.38. The van der Waals surface area contributed by atoms with E-state index >= 15 is 0 Å². The van der Waals surface area contributed by atoms with Crippen molar-refractivity contribution in [2.45, 2.75) is 88.5 Å². The quantitative estimate of drug-likeness (QED) is 0.0476.